The van der Waals surface area contributed by atoms with Gasteiger partial charge >= 0.3 is 0 Å². The van der Waals surface area contributed by atoms with E-state index in [-0.39, 0.29) is 11.8 Å². The van der Waals surface area contributed by atoms with Crippen molar-refractivity contribution in [2.45, 2.75) is 0 Å². The summed E-state index contributed by atoms with van der Waals surface area (Å²) in [5.74, 6) is -0.649. The maximum absolute atomic E-state index is 12.6. The number of para-hydroxylation sites is 1. The third-order valence-electron chi connectivity index (χ3n) is 4.18. The van der Waals surface area contributed by atoms with Gasteiger partial charge in [0.25, 0.3) is 11.8 Å². The van der Waals surface area contributed by atoms with Gasteiger partial charge in [0.1, 0.15) is 0 Å². The van der Waals surface area contributed by atoms with Crippen LogP contribution in [0.15, 0.2) is 60.7 Å². The smallest absolute Gasteiger partial charge is 0.257 e. The van der Waals surface area contributed by atoms with Gasteiger partial charge in [-0.2, -0.15) is 0 Å². The maximum atomic E-state index is 12.6. The van der Waals surface area contributed by atoms with Gasteiger partial charge < -0.3 is 5.32 Å². The van der Waals surface area contributed by atoms with Crippen molar-refractivity contribution in [3.8, 4) is 0 Å². The minimum atomic E-state index is -0.355. The van der Waals surface area contributed by atoms with Crippen LogP contribution in [0, 0.1) is 0 Å². The Hall–Kier alpha value is -2.64. The first kappa shape index (κ1) is 20.6. The molecule has 1 aromatic heterocycles. The molecule has 0 radical (unpaired) electrons. The van der Waals surface area contributed by atoms with Crippen molar-refractivity contribution < 1.29 is 9.59 Å². The SMILES string of the molecule is O=C(Nc1nc2ccc(C(=O)Nc3c(Cl)cccc3Cl)cc2s1)c1ccc(Cl)cc1. The van der Waals surface area contributed by atoms with E-state index in [0.29, 0.717) is 42.5 Å². The highest BCUT2D eigenvalue weighted by atomic mass is 35.5. The molecule has 0 saturated carbocycles. The van der Waals surface area contributed by atoms with Crippen LogP contribution in [-0.2, 0) is 0 Å². The monoisotopic (exact) mass is 475 g/mol. The quantitative estimate of drug-likeness (QED) is 0.342. The molecule has 3 aromatic carbocycles. The Labute approximate surface area is 190 Å². The Morgan fingerprint density at radius 2 is 1.43 bits per heavy atom. The Bertz CT molecular complexity index is 1250. The fourth-order valence-corrected chi connectivity index (χ4v) is 4.21. The standard InChI is InChI=1S/C21H12Cl3N3O2S/c22-13-7-4-11(5-8-13)19(28)27-21-25-16-9-6-12(10-17(16)30-21)20(29)26-18-14(23)2-1-3-15(18)24/h1-10H,(H,26,29)(H,25,27,28). The molecular weight excluding hydrogens is 465 g/mol. The van der Waals surface area contributed by atoms with Crippen LogP contribution in [-0.4, -0.2) is 16.8 Å². The second-order valence-corrected chi connectivity index (χ2v) is 8.49. The normalized spacial score (nSPS) is 10.8. The molecule has 0 bridgehead atoms. The van der Waals surface area contributed by atoms with Crippen LogP contribution in [0.25, 0.3) is 10.2 Å². The summed E-state index contributed by atoms with van der Waals surface area (Å²) >= 11 is 19.3. The molecule has 30 heavy (non-hydrogen) atoms. The first-order valence-electron chi connectivity index (χ1n) is 8.63. The van der Waals surface area contributed by atoms with Crippen molar-refractivity contribution in [1.29, 1.82) is 0 Å². The van der Waals surface area contributed by atoms with Gasteiger partial charge in [-0.15, -0.1) is 0 Å². The molecule has 0 aliphatic heterocycles. The zero-order valence-corrected chi connectivity index (χ0v) is 18.2. The lowest BCUT2D eigenvalue weighted by molar-refractivity contribution is 0.101. The molecule has 4 rings (SSSR count). The van der Waals surface area contributed by atoms with Gasteiger partial charge in [0.2, 0.25) is 0 Å². The van der Waals surface area contributed by atoms with E-state index in [4.69, 9.17) is 34.8 Å². The molecule has 2 amide bonds. The van der Waals surface area contributed by atoms with Crippen LogP contribution in [0.5, 0.6) is 0 Å². The van der Waals surface area contributed by atoms with Crippen LogP contribution < -0.4 is 10.6 Å². The van der Waals surface area contributed by atoms with E-state index in [0.717, 1.165) is 4.70 Å². The fourth-order valence-electron chi connectivity index (χ4n) is 2.69. The van der Waals surface area contributed by atoms with E-state index in [1.54, 1.807) is 60.7 Å². The highest BCUT2D eigenvalue weighted by molar-refractivity contribution is 7.22. The number of carbonyl (C=O) groups excluding carboxylic acids is 2. The topological polar surface area (TPSA) is 71.1 Å². The van der Waals surface area contributed by atoms with Gasteiger partial charge in [-0.25, -0.2) is 4.98 Å². The summed E-state index contributed by atoms with van der Waals surface area (Å²) in [7, 11) is 0. The Balaban J connectivity index is 1.54. The molecule has 0 aliphatic rings. The van der Waals surface area contributed by atoms with Gasteiger partial charge in [0, 0.05) is 16.1 Å². The molecule has 0 saturated heterocycles. The number of thiazole rings is 1. The predicted octanol–water partition coefficient (Wildman–Crippen LogP) is 6.76. The lowest BCUT2D eigenvalue weighted by Crippen LogP contribution is -2.12. The third-order valence-corrected chi connectivity index (χ3v) is 5.99. The number of benzene rings is 3. The number of anilines is 2. The third kappa shape index (κ3) is 4.42. The van der Waals surface area contributed by atoms with E-state index in [1.807, 2.05) is 0 Å². The number of halogens is 3. The molecule has 0 fully saturated rings. The molecule has 0 atom stereocenters. The molecule has 5 nitrogen and oxygen atoms in total. The number of hydrogen-bond acceptors (Lipinski definition) is 4. The van der Waals surface area contributed by atoms with E-state index < -0.39 is 0 Å². The summed E-state index contributed by atoms with van der Waals surface area (Å²) in [4.78, 5) is 29.4. The minimum absolute atomic E-state index is 0.294. The Morgan fingerprint density at radius 1 is 0.800 bits per heavy atom. The predicted molar refractivity (Wildman–Crippen MR) is 123 cm³/mol. The van der Waals surface area contributed by atoms with Crippen molar-refractivity contribution in [3.05, 3.63) is 86.9 Å². The van der Waals surface area contributed by atoms with E-state index in [1.165, 1.54) is 11.3 Å². The second kappa shape index (κ2) is 8.62. The molecule has 4 aromatic rings. The van der Waals surface area contributed by atoms with Crippen molar-refractivity contribution in [1.82, 2.24) is 4.98 Å². The lowest BCUT2D eigenvalue weighted by Gasteiger charge is -2.09. The highest BCUT2D eigenvalue weighted by Crippen LogP contribution is 2.31. The fraction of sp³-hybridized carbons (Fsp3) is 0. The van der Waals surface area contributed by atoms with Crippen molar-refractivity contribution in [3.63, 3.8) is 0 Å². The van der Waals surface area contributed by atoms with E-state index in [9.17, 15) is 9.59 Å². The van der Waals surface area contributed by atoms with Crippen molar-refractivity contribution >= 4 is 79.0 Å². The molecule has 150 valence electrons. The van der Waals surface area contributed by atoms with Gasteiger partial charge in [-0.3, -0.25) is 14.9 Å². The van der Waals surface area contributed by atoms with Gasteiger partial charge in [-0.05, 0) is 54.6 Å². The maximum Gasteiger partial charge on any atom is 0.257 e. The molecule has 1 heterocycles. The molecule has 0 aliphatic carbocycles. The average molecular weight is 477 g/mol. The lowest BCUT2D eigenvalue weighted by atomic mass is 10.2. The summed E-state index contributed by atoms with van der Waals surface area (Å²) in [5, 5.41) is 7.16. The largest absolute Gasteiger partial charge is 0.319 e. The molecule has 9 heteroatoms. The Morgan fingerprint density at radius 3 is 2.13 bits per heavy atom. The summed E-state index contributed by atoms with van der Waals surface area (Å²) in [5.41, 5.74) is 1.90. The second-order valence-electron chi connectivity index (χ2n) is 6.21. The number of aromatic nitrogens is 1. The number of fused-ring (bicyclic) bond motifs is 1. The molecule has 0 spiro atoms. The van der Waals surface area contributed by atoms with Crippen LogP contribution in [0.1, 0.15) is 20.7 Å². The zero-order valence-electron chi connectivity index (χ0n) is 15.1. The summed E-state index contributed by atoms with van der Waals surface area (Å²) in [6.45, 7) is 0. The van der Waals surface area contributed by atoms with E-state index >= 15 is 0 Å². The summed E-state index contributed by atoms with van der Waals surface area (Å²) in [6, 6.07) is 16.6. The molecule has 2 N–H and O–H groups in total. The molecule has 0 unspecified atom stereocenters. The highest BCUT2D eigenvalue weighted by Gasteiger charge is 2.14. The van der Waals surface area contributed by atoms with E-state index in [2.05, 4.69) is 15.6 Å². The number of nitrogens with zero attached hydrogens (tertiary/aromatic N) is 1. The van der Waals surface area contributed by atoms with Gasteiger partial charge in [0.05, 0.1) is 25.9 Å². The Kier molecular flexibility index (Phi) is 5.92. The van der Waals surface area contributed by atoms with Gasteiger partial charge in [-0.1, -0.05) is 52.2 Å². The number of rotatable bonds is 4. The van der Waals surface area contributed by atoms with Crippen LogP contribution in [0.2, 0.25) is 15.1 Å². The van der Waals surface area contributed by atoms with Crippen LogP contribution in [0.4, 0.5) is 10.8 Å². The molecular formula is C21H12Cl3N3O2S. The first-order valence-corrected chi connectivity index (χ1v) is 10.6. The minimum Gasteiger partial charge on any atom is -0.319 e. The average Bonchev–Trinajstić information content (AvgIpc) is 3.12. The van der Waals surface area contributed by atoms with Crippen LogP contribution >= 0.6 is 46.1 Å². The van der Waals surface area contributed by atoms with Gasteiger partial charge in [0.15, 0.2) is 5.13 Å². The number of nitrogens with one attached hydrogen (secondary N) is 2. The number of hydrogen-bond donors (Lipinski definition) is 2. The van der Waals surface area contributed by atoms with Crippen molar-refractivity contribution in [2.75, 3.05) is 10.6 Å². The van der Waals surface area contributed by atoms with Crippen LogP contribution in [0.3, 0.4) is 0 Å². The number of carbonyl (C=O) groups is 2. The summed E-state index contributed by atoms with van der Waals surface area (Å²) < 4.78 is 0.749. The number of amides is 2. The first-order chi connectivity index (χ1) is 14.4. The van der Waals surface area contributed by atoms with Crippen molar-refractivity contribution in [2.24, 2.45) is 0 Å². The summed E-state index contributed by atoms with van der Waals surface area (Å²) in [6.07, 6.45) is 0. The zero-order chi connectivity index (χ0) is 21.3.